The molecule has 0 amide bonds. The molecule has 0 N–H and O–H groups in total. The Morgan fingerprint density at radius 1 is 1.00 bits per heavy atom. The minimum atomic E-state index is 0.343. The van der Waals surface area contributed by atoms with Crippen molar-refractivity contribution >= 4 is 15.9 Å². The van der Waals surface area contributed by atoms with Gasteiger partial charge in [-0.25, -0.2) is 0 Å². The summed E-state index contributed by atoms with van der Waals surface area (Å²) in [6.45, 7) is 9.40. The molecule has 1 aliphatic rings. The summed E-state index contributed by atoms with van der Waals surface area (Å²) >= 11 is 3.80. The number of alkyl halides is 1. The van der Waals surface area contributed by atoms with E-state index in [1.165, 1.54) is 19.3 Å². The van der Waals surface area contributed by atoms with Crippen LogP contribution in [-0.4, -0.2) is 4.32 Å². The molecule has 1 heteroatoms. The maximum Gasteiger partial charge on any atom is 0.0230 e. The van der Waals surface area contributed by atoms with Crippen LogP contribution < -0.4 is 0 Å². The molecule has 0 saturated heterocycles. The molecule has 12 heavy (non-hydrogen) atoms. The second kappa shape index (κ2) is 3.69. The zero-order valence-electron chi connectivity index (χ0n) is 8.73. The van der Waals surface area contributed by atoms with E-state index in [1.54, 1.807) is 0 Å². The van der Waals surface area contributed by atoms with Gasteiger partial charge in [0.25, 0.3) is 0 Å². The quantitative estimate of drug-likeness (QED) is 0.594. The number of rotatable bonds is 1. The van der Waals surface area contributed by atoms with Crippen LogP contribution in [0, 0.1) is 17.8 Å². The predicted octanol–water partition coefficient (Wildman–Crippen LogP) is 4.23. The molecule has 0 aliphatic heterocycles. The Labute approximate surface area is 85.3 Å². The van der Waals surface area contributed by atoms with Crippen LogP contribution in [0.15, 0.2) is 0 Å². The highest BCUT2D eigenvalue weighted by molar-refractivity contribution is 9.10. The molecule has 0 aromatic carbocycles. The van der Waals surface area contributed by atoms with Crippen LogP contribution in [0.2, 0.25) is 0 Å². The third-order valence-corrected chi connectivity index (χ3v) is 3.80. The Kier molecular flexibility index (Phi) is 3.25. The van der Waals surface area contributed by atoms with Gasteiger partial charge in [-0.2, -0.15) is 0 Å². The van der Waals surface area contributed by atoms with Crippen molar-refractivity contribution in [2.24, 2.45) is 17.8 Å². The molecule has 1 fully saturated rings. The van der Waals surface area contributed by atoms with Gasteiger partial charge in [-0.3, -0.25) is 0 Å². The lowest BCUT2D eigenvalue weighted by Gasteiger charge is -2.38. The molecule has 1 aliphatic carbocycles. The Balaban J connectivity index is 2.55. The van der Waals surface area contributed by atoms with E-state index >= 15 is 0 Å². The average Bonchev–Trinajstić information content (AvgIpc) is 1.82. The first-order valence-electron chi connectivity index (χ1n) is 5.08. The van der Waals surface area contributed by atoms with E-state index in [9.17, 15) is 0 Å². The van der Waals surface area contributed by atoms with Crippen LogP contribution in [0.1, 0.15) is 47.0 Å². The number of halogens is 1. The minimum absolute atomic E-state index is 0.343. The Bertz CT molecular complexity index is 136. The standard InChI is InChI=1S/C11H21Br/c1-8-5-9(2)7-10(6-8)11(3,4)12/h8-10H,5-7H2,1-4H3. The van der Waals surface area contributed by atoms with Crippen molar-refractivity contribution in [3.05, 3.63) is 0 Å². The van der Waals surface area contributed by atoms with Gasteiger partial charge in [0.05, 0.1) is 0 Å². The summed E-state index contributed by atoms with van der Waals surface area (Å²) in [6, 6.07) is 0. The zero-order valence-corrected chi connectivity index (χ0v) is 10.3. The maximum absolute atomic E-state index is 3.80. The maximum atomic E-state index is 3.80. The molecule has 2 atom stereocenters. The van der Waals surface area contributed by atoms with E-state index in [2.05, 4.69) is 43.6 Å². The lowest BCUT2D eigenvalue weighted by Crippen LogP contribution is -2.31. The average molecular weight is 233 g/mol. The van der Waals surface area contributed by atoms with Gasteiger partial charge in [-0.15, -0.1) is 0 Å². The molecule has 0 spiro atoms. The smallest absolute Gasteiger partial charge is 0.0230 e. The van der Waals surface area contributed by atoms with Crippen LogP contribution in [-0.2, 0) is 0 Å². The monoisotopic (exact) mass is 232 g/mol. The highest BCUT2D eigenvalue weighted by Gasteiger charge is 2.32. The van der Waals surface area contributed by atoms with E-state index in [0.717, 1.165) is 17.8 Å². The lowest BCUT2D eigenvalue weighted by atomic mass is 9.72. The van der Waals surface area contributed by atoms with Crippen molar-refractivity contribution in [2.75, 3.05) is 0 Å². The van der Waals surface area contributed by atoms with E-state index < -0.39 is 0 Å². The molecule has 0 nitrogen and oxygen atoms in total. The van der Waals surface area contributed by atoms with Crippen molar-refractivity contribution in [3.8, 4) is 0 Å². The van der Waals surface area contributed by atoms with Crippen molar-refractivity contribution in [2.45, 2.75) is 51.3 Å². The van der Waals surface area contributed by atoms with E-state index in [-0.39, 0.29) is 0 Å². The zero-order chi connectivity index (χ0) is 9.35. The van der Waals surface area contributed by atoms with Gasteiger partial charge in [0.15, 0.2) is 0 Å². The number of hydrogen-bond donors (Lipinski definition) is 0. The van der Waals surface area contributed by atoms with Gasteiger partial charge in [0.1, 0.15) is 0 Å². The Morgan fingerprint density at radius 2 is 1.42 bits per heavy atom. The summed E-state index contributed by atoms with van der Waals surface area (Å²) in [5, 5.41) is 0. The highest BCUT2D eigenvalue weighted by atomic mass is 79.9. The second-order valence-electron chi connectivity index (χ2n) is 5.18. The molecule has 1 rings (SSSR count). The largest absolute Gasteiger partial charge is 0.0856 e. The molecule has 0 bridgehead atoms. The molecule has 0 aromatic heterocycles. The van der Waals surface area contributed by atoms with Gasteiger partial charge in [0, 0.05) is 4.32 Å². The molecule has 72 valence electrons. The lowest BCUT2D eigenvalue weighted by molar-refractivity contribution is 0.193. The molecular weight excluding hydrogens is 212 g/mol. The van der Waals surface area contributed by atoms with Gasteiger partial charge in [0.2, 0.25) is 0 Å². The topological polar surface area (TPSA) is 0 Å². The van der Waals surface area contributed by atoms with E-state index in [0.29, 0.717) is 4.32 Å². The fourth-order valence-electron chi connectivity index (χ4n) is 2.51. The molecule has 0 heterocycles. The van der Waals surface area contributed by atoms with Gasteiger partial charge >= 0.3 is 0 Å². The minimum Gasteiger partial charge on any atom is -0.0856 e. The molecular formula is C11H21Br. The Hall–Kier alpha value is 0.480. The van der Waals surface area contributed by atoms with Crippen LogP contribution >= 0.6 is 15.9 Å². The van der Waals surface area contributed by atoms with Crippen molar-refractivity contribution in [3.63, 3.8) is 0 Å². The summed E-state index contributed by atoms with van der Waals surface area (Å²) in [4.78, 5) is 0. The third-order valence-electron chi connectivity index (χ3n) is 3.15. The first-order chi connectivity index (χ1) is 5.39. The summed E-state index contributed by atoms with van der Waals surface area (Å²) in [7, 11) is 0. The molecule has 2 unspecified atom stereocenters. The van der Waals surface area contributed by atoms with E-state index in [4.69, 9.17) is 0 Å². The van der Waals surface area contributed by atoms with Crippen LogP contribution in [0.25, 0.3) is 0 Å². The van der Waals surface area contributed by atoms with Crippen LogP contribution in [0.4, 0.5) is 0 Å². The van der Waals surface area contributed by atoms with Crippen LogP contribution in [0.5, 0.6) is 0 Å². The van der Waals surface area contributed by atoms with E-state index in [1.807, 2.05) is 0 Å². The van der Waals surface area contributed by atoms with Crippen LogP contribution in [0.3, 0.4) is 0 Å². The van der Waals surface area contributed by atoms with Gasteiger partial charge < -0.3 is 0 Å². The number of hydrogen-bond acceptors (Lipinski definition) is 0. The Morgan fingerprint density at radius 3 is 1.75 bits per heavy atom. The predicted molar refractivity (Wildman–Crippen MR) is 58.7 cm³/mol. The fourth-order valence-corrected chi connectivity index (χ4v) is 2.88. The van der Waals surface area contributed by atoms with Crippen molar-refractivity contribution < 1.29 is 0 Å². The summed E-state index contributed by atoms with van der Waals surface area (Å²) < 4.78 is 0.343. The first kappa shape index (κ1) is 10.6. The first-order valence-corrected chi connectivity index (χ1v) is 5.87. The molecule has 1 saturated carbocycles. The van der Waals surface area contributed by atoms with Gasteiger partial charge in [-0.1, -0.05) is 29.8 Å². The fraction of sp³-hybridized carbons (Fsp3) is 1.00. The summed E-state index contributed by atoms with van der Waals surface area (Å²) in [5.74, 6) is 2.72. The molecule has 0 aromatic rings. The van der Waals surface area contributed by atoms with Crippen molar-refractivity contribution in [1.29, 1.82) is 0 Å². The third kappa shape index (κ3) is 2.76. The van der Waals surface area contributed by atoms with Crippen molar-refractivity contribution in [1.82, 2.24) is 0 Å². The van der Waals surface area contributed by atoms with Gasteiger partial charge in [-0.05, 0) is 50.9 Å². The normalized spacial score (nSPS) is 38.2. The highest BCUT2D eigenvalue weighted by Crippen LogP contribution is 2.42. The molecule has 0 radical (unpaired) electrons. The second-order valence-corrected chi connectivity index (χ2v) is 7.22. The summed E-state index contributed by atoms with van der Waals surface area (Å²) in [5.41, 5.74) is 0. The summed E-state index contributed by atoms with van der Waals surface area (Å²) in [6.07, 6.45) is 4.24. The SMILES string of the molecule is CC1CC(C)CC(C(C)(C)Br)C1.